The van der Waals surface area contributed by atoms with Gasteiger partial charge in [0.05, 0.1) is 12.5 Å². The van der Waals surface area contributed by atoms with E-state index < -0.39 is 5.97 Å². The number of amides is 1. The first-order valence-corrected chi connectivity index (χ1v) is 4.89. The summed E-state index contributed by atoms with van der Waals surface area (Å²) in [7, 11) is 0. The van der Waals surface area contributed by atoms with Crippen LogP contribution in [0, 0.1) is 0 Å². The summed E-state index contributed by atoms with van der Waals surface area (Å²) in [6.45, 7) is 1.21. The minimum Gasteiger partial charge on any atom is -0.477 e. The lowest BCUT2D eigenvalue weighted by Crippen LogP contribution is -2.37. The van der Waals surface area contributed by atoms with Crippen molar-refractivity contribution < 1.29 is 19.4 Å². The molecule has 0 aromatic carbocycles. The second-order valence-electron chi connectivity index (χ2n) is 3.61. The van der Waals surface area contributed by atoms with E-state index in [1.165, 1.54) is 5.01 Å². The molecule has 2 aliphatic heterocycles. The molecule has 0 spiro atoms. The Bertz CT molecular complexity index is 320. The molecule has 2 aliphatic rings. The first-order chi connectivity index (χ1) is 7.18. The van der Waals surface area contributed by atoms with E-state index in [1.54, 1.807) is 0 Å². The van der Waals surface area contributed by atoms with Gasteiger partial charge in [-0.1, -0.05) is 0 Å². The molecule has 1 amide bonds. The highest BCUT2D eigenvalue weighted by Gasteiger charge is 2.33. The number of ether oxygens (including phenoxy) is 1. The zero-order valence-electron chi connectivity index (χ0n) is 8.18. The van der Waals surface area contributed by atoms with Crippen LogP contribution in [0.2, 0.25) is 0 Å². The van der Waals surface area contributed by atoms with E-state index in [0.717, 1.165) is 12.8 Å². The van der Waals surface area contributed by atoms with Gasteiger partial charge in [-0.3, -0.25) is 4.79 Å². The normalized spacial score (nSPS) is 23.1. The molecule has 0 atom stereocenters. The summed E-state index contributed by atoms with van der Waals surface area (Å²) in [5.74, 6) is -1.34. The van der Waals surface area contributed by atoms with Gasteiger partial charge in [-0.25, -0.2) is 9.80 Å². The first-order valence-electron chi connectivity index (χ1n) is 4.89. The molecule has 0 aromatic heterocycles. The summed E-state index contributed by atoms with van der Waals surface area (Å²) in [5, 5.41) is 13.9. The van der Waals surface area contributed by atoms with Crippen LogP contribution in [0.25, 0.3) is 0 Å². The highest BCUT2D eigenvalue weighted by atomic mass is 16.5. The van der Waals surface area contributed by atoms with Gasteiger partial charge >= 0.3 is 5.97 Å². The Balaban J connectivity index is 2.08. The molecule has 0 unspecified atom stereocenters. The quantitative estimate of drug-likeness (QED) is 0.689. The predicted molar refractivity (Wildman–Crippen MR) is 50.4 cm³/mol. The maximum Gasteiger partial charge on any atom is 0.352 e. The van der Waals surface area contributed by atoms with Crippen molar-refractivity contribution in [1.29, 1.82) is 0 Å². The molecule has 6 heteroatoms. The SMILES string of the molecule is O=C(O)C1=NN(C2CCOCC2)C(=O)C1. The maximum absolute atomic E-state index is 11.5. The molecule has 1 saturated heterocycles. The minimum absolute atomic E-state index is 0.00287. The number of aliphatic carboxylic acids is 1. The third kappa shape index (κ3) is 1.99. The molecule has 15 heavy (non-hydrogen) atoms. The minimum atomic E-state index is -1.11. The van der Waals surface area contributed by atoms with Crippen molar-refractivity contribution in [3.05, 3.63) is 0 Å². The van der Waals surface area contributed by atoms with Gasteiger partial charge in [-0.2, -0.15) is 5.10 Å². The fourth-order valence-electron chi connectivity index (χ4n) is 1.78. The van der Waals surface area contributed by atoms with Gasteiger partial charge in [0.1, 0.15) is 0 Å². The summed E-state index contributed by atoms with van der Waals surface area (Å²) >= 11 is 0. The van der Waals surface area contributed by atoms with E-state index in [0.29, 0.717) is 13.2 Å². The highest BCUT2D eigenvalue weighted by molar-refractivity contribution is 6.40. The van der Waals surface area contributed by atoms with Crippen molar-refractivity contribution in [3.8, 4) is 0 Å². The second kappa shape index (κ2) is 3.98. The lowest BCUT2D eigenvalue weighted by Gasteiger charge is -2.27. The van der Waals surface area contributed by atoms with Crippen LogP contribution in [-0.4, -0.2) is 47.0 Å². The van der Waals surface area contributed by atoms with E-state index in [9.17, 15) is 9.59 Å². The summed E-state index contributed by atoms with van der Waals surface area (Å²) in [6.07, 6.45) is 1.36. The van der Waals surface area contributed by atoms with Crippen LogP contribution in [0.15, 0.2) is 5.10 Å². The predicted octanol–water partition coefficient (Wildman–Crippen LogP) is -0.162. The Morgan fingerprint density at radius 3 is 2.67 bits per heavy atom. The summed E-state index contributed by atoms with van der Waals surface area (Å²) in [4.78, 5) is 22.1. The van der Waals surface area contributed by atoms with Crippen LogP contribution in [0.4, 0.5) is 0 Å². The van der Waals surface area contributed by atoms with Crippen molar-refractivity contribution >= 4 is 17.6 Å². The van der Waals surface area contributed by atoms with Crippen LogP contribution < -0.4 is 0 Å². The van der Waals surface area contributed by atoms with Crippen molar-refractivity contribution in [2.45, 2.75) is 25.3 Å². The monoisotopic (exact) mass is 212 g/mol. The number of carboxylic acid groups (broad SMARTS) is 1. The smallest absolute Gasteiger partial charge is 0.352 e. The average molecular weight is 212 g/mol. The van der Waals surface area contributed by atoms with Crippen LogP contribution in [0.5, 0.6) is 0 Å². The zero-order chi connectivity index (χ0) is 10.8. The van der Waals surface area contributed by atoms with Gasteiger partial charge in [-0.05, 0) is 12.8 Å². The largest absolute Gasteiger partial charge is 0.477 e. The number of rotatable bonds is 2. The fraction of sp³-hybridized carbons (Fsp3) is 0.667. The van der Waals surface area contributed by atoms with Gasteiger partial charge in [0.15, 0.2) is 5.71 Å². The van der Waals surface area contributed by atoms with Crippen molar-refractivity contribution in [3.63, 3.8) is 0 Å². The molecule has 0 aromatic rings. The molecule has 82 valence electrons. The average Bonchev–Trinajstić information content (AvgIpc) is 2.62. The van der Waals surface area contributed by atoms with E-state index in [1.807, 2.05) is 0 Å². The molecule has 0 aliphatic carbocycles. The second-order valence-corrected chi connectivity index (χ2v) is 3.61. The van der Waals surface area contributed by atoms with Gasteiger partial charge in [0, 0.05) is 13.2 Å². The number of hydrogen-bond acceptors (Lipinski definition) is 4. The first kappa shape index (κ1) is 10.1. The molecule has 2 rings (SSSR count). The Hall–Kier alpha value is -1.43. The van der Waals surface area contributed by atoms with E-state index >= 15 is 0 Å². The zero-order valence-corrected chi connectivity index (χ0v) is 8.18. The van der Waals surface area contributed by atoms with Gasteiger partial charge < -0.3 is 9.84 Å². The topological polar surface area (TPSA) is 79.2 Å². The number of carbonyl (C=O) groups is 2. The Morgan fingerprint density at radius 2 is 2.13 bits per heavy atom. The number of hydrogen-bond donors (Lipinski definition) is 1. The van der Waals surface area contributed by atoms with E-state index in [-0.39, 0.29) is 24.1 Å². The fourth-order valence-corrected chi connectivity index (χ4v) is 1.78. The molecule has 2 heterocycles. The van der Waals surface area contributed by atoms with E-state index in [2.05, 4.69) is 5.10 Å². The van der Waals surface area contributed by atoms with Crippen LogP contribution in [-0.2, 0) is 14.3 Å². The number of carbonyl (C=O) groups excluding carboxylic acids is 1. The van der Waals surface area contributed by atoms with Crippen LogP contribution >= 0.6 is 0 Å². The van der Waals surface area contributed by atoms with Crippen molar-refractivity contribution in [2.24, 2.45) is 5.10 Å². The Kier molecular flexibility index (Phi) is 2.68. The van der Waals surface area contributed by atoms with Gasteiger partial charge in [0.25, 0.3) is 0 Å². The summed E-state index contributed by atoms with van der Waals surface area (Å²) in [6, 6.07) is 0.00287. The number of hydrazone groups is 1. The number of carboxylic acids is 1. The molecule has 1 N–H and O–H groups in total. The third-order valence-corrected chi connectivity index (χ3v) is 2.59. The molecule has 0 saturated carbocycles. The van der Waals surface area contributed by atoms with E-state index in [4.69, 9.17) is 9.84 Å². The highest BCUT2D eigenvalue weighted by Crippen LogP contribution is 2.20. The third-order valence-electron chi connectivity index (χ3n) is 2.59. The molecule has 0 radical (unpaired) electrons. The lowest BCUT2D eigenvalue weighted by molar-refractivity contribution is -0.133. The number of nitrogens with zero attached hydrogens (tertiary/aromatic N) is 2. The van der Waals surface area contributed by atoms with Crippen molar-refractivity contribution in [2.75, 3.05) is 13.2 Å². The summed E-state index contributed by atoms with van der Waals surface area (Å²) < 4.78 is 5.17. The Labute approximate surface area is 86.5 Å². The van der Waals surface area contributed by atoms with Crippen LogP contribution in [0.3, 0.4) is 0 Å². The lowest BCUT2D eigenvalue weighted by atomic mass is 10.1. The maximum atomic E-state index is 11.5. The molecular weight excluding hydrogens is 200 g/mol. The van der Waals surface area contributed by atoms with Gasteiger partial charge in [-0.15, -0.1) is 0 Å². The molecule has 1 fully saturated rings. The Morgan fingerprint density at radius 1 is 1.47 bits per heavy atom. The standard InChI is InChI=1S/C9H12N2O4/c12-8-5-7(9(13)14)10-11(8)6-1-3-15-4-2-6/h6H,1-5H2,(H,13,14). The van der Waals surface area contributed by atoms with Crippen LogP contribution in [0.1, 0.15) is 19.3 Å². The molecular formula is C9H12N2O4. The molecule has 0 bridgehead atoms. The summed E-state index contributed by atoms with van der Waals surface area (Å²) in [5.41, 5.74) is -0.0634. The molecule has 6 nitrogen and oxygen atoms in total. The van der Waals surface area contributed by atoms with Crippen molar-refractivity contribution in [1.82, 2.24) is 5.01 Å². The van der Waals surface area contributed by atoms with Gasteiger partial charge in [0.2, 0.25) is 5.91 Å².